The second kappa shape index (κ2) is 10.3. The van der Waals surface area contributed by atoms with Crippen LogP contribution >= 0.6 is 0 Å². The summed E-state index contributed by atoms with van der Waals surface area (Å²) in [6.07, 6.45) is 4.15. The minimum absolute atomic E-state index is 0.0742. The van der Waals surface area contributed by atoms with Crippen molar-refractivity contribution in [1.82, 2.24) is 9.80 Å². The molecule has 0 saturated heterocycles. The molecule has 108 valence electrons. The van der Waals surface area contributed by atoms with Crippen molar-refractivity contribution in [3.63, 3.8) is 0 Å². The van der Waals surface area contributed by atoms with Gasteiger partial charge in [0.15, 0.2) is 0 Å². The van der Waals surface area contributed by atoms with Gasteiger partial charge in [-0.15, -0.1) is 0 Å². The molecule has 1 unspecified atom stereocenters. The van der Waals surface area contributed by atoms with Crippen molar-refractivity contribution in [2.75, 3.05) is 40.8 Å². The fraction of sp³-hybridized carbons (Fsp3) is 0.929. The van der Waals surface area contributed by atoms with Crippen LogP contribution in [0.2, 0.25) is 0 Å². The largest absolute Gasteiger partial charge is 0.468 e. The van der Waals surface area contributed by atoms with E-state index in [1.165, 1.54) is 7.11 Å². The molecule has 0 fully saturated rings. The van der Waals surface area contributed by atoms with Gasteiger partial charge in [0.05, 0.1) is 7.11 Å². The Morgan fingerprint density at radius 2 is 1.78 bits per heavy atom. The lowest BCUT2D eigenvalue weighted by Crippen LogP contribution is -2.45. The Labute approximate surface area is 112 Å². The average molecular weight is 258 g/mol. The third-order valence-corrected chi connectivity index (χ3v) is 3.09. The van der Waals surface area contributed by atoms with Crippen LogP contribution in [0.5, 0.6) is 0 Å². The maximum Gasteiger partial charge on any atom is 0.323 e. The van der Waals surface area contributed by atoms with Crippen LogP contribution in [0.1, 0.15) is 39.5 Å². The molecule has 0 aliphatic rings. The van der Waals surface area contributed by atoms with Crippen molar-refractivity contribution >= 4 is 5.97 Å². The predicted octanol–water partition coefficient (Wildman–Crippen LogP) is 1.99. The van der Waals surface area contributed by atoms with Crippen molar-refractivity contribution < 1.29 is 9.53 Å². The van der Waals surface area contributed by atoms with Crippen molar-refractivity contribution in [1.29, 1.82) is 0 Å². The van der Waals surface area contributed by atoms with Gasteiger partial charge in [-0.25, -0.2) is 0 Å². The van der Waals surface area contributed by atoms with Crippen LogP contribution in [0.25, 0.3) is 0 Å². The van der Waals surface area contributed by atoms with Gasteiger partial charge in [-0.1, -0.05) is 26.7 Å². The number of hydrogen-bond acceptors (Lipinski definition) is 4. The molecule has 4 heteroatoms. The van der Waals surface area contributed by atoms with Crippen LogP contribution in [0.4, 0.5) is 0 Å². The number of nitrogens with zero attached hydrogens (tertiary/aromatic N) is 2. The van der Waals surface area contributed by atoms with E-state index in [0.717, 1.165) is 45.3 Å². The Kier molecular flexibility index (Phi) is 9.98. The van der Waals surface area contributed by atoms with Gasteiger partial charge in [-0.05, 0) is 33.5 Å². The number of unbranched alkanes of at least 4 members (excludes halogenated alkanes) is 1. The molecule has 0 spiro atoms. The first kappa shape index (κ1) is 17.4. The molecule has 0 amide bonds. The Morgan fingerprint density at radius 1 is 1.11 bits per heavy atom. The van der Waals surface area contributed by atoms with Crippen molar-refractivity contribution in [2.24, 2.45) is 0 Å². The van der Waals surface area contributed by atoms with Crippen molar-refractivity contribution in [3.05, 3.63) is 0 Å². The summed E-state index contributed by atoms with van der Waals surface area (Å²) in [4.78, 5) is 16.3. The second-order valence-electron chi connectivity index (χ2n) is 5.02. The van der Waals surface area contributed by atoms with E-state index in [0.29, 0.717) is 0 Å². The molecule has 0 N–H and O–H groups in total. The third-order valence-electron chi connectivity index (χ3n) is 3.09. The topological polar surface area (TPSA) is 32.8 Å². The van der Waals surface area contributed by atoms with Crippen LogP contribution in [0.3, 0.4) is 0 Å². The first-order chi connectivity index (χ1) is 8.56. The van der Waals surface area contributed by atoms with Gasteiger partial charge in [0, 0.05) is 13.1 Å². The van der Waals surface area contributed by atoms with E-state index in [9.17, 15) is 4.79 Å². The Bertz CT molecular complexity index is 220. The monoisotopic (exact) mass is 258 g/mol. The van der Waals surface area contributed by atoms with E-state index in [1.807, 2.05) is 0 Å². The maximum absolute atomic E-state index is 11.9. The molecule has 18 heavy (non-hydrogen) atoms. The molecule has 0 bridgehead atoms. The highest BCUT2D eigenvalue weighted by Crippen LogP contribution is 2.11. The standard InChI is InChI=1S/C14H30N2O2/c1-6-8-9-13(14(17)18-5)16(10-7-2)12-11-15(3)4/h13H,6-12H2,1-5H3. The molecule has 0 heterocycles. The molecule has 4 nitrogen and oxygen atoms in total. The molecule has 0 aliphatic heterocycles. The third kappa shape index (κ3) is 6.97. The van der Waals surface area contributed by atoms with Gasteiger partial charge >= 0.3 is 5.97 Å². The molecule has 0 radical (unpaired) electrons. The highest BCUT2D eigenvalue weighted by Gasteiger charge is 2.25. The van der Waals surface area contributed by atoms with Gasteiger partial charge in [0.1, 0.15) is 6.04 Å². The highest BCUT2D eigenvalue weighted by atomic mass is 16.5. The lowest BCUT2D eigenvalue weighted by Gasteiger charge is -2.30. The summed E-state index contributed by atoms with van der Waals surface area (Å²) in [7, 11) is 5.60. The number of carbonyl (C=O) groups is 1. The van der Waals surface area contributed by atoms with E-state index in [1.54, 1.807) is 0 Å². The SMILES string of the molecule is CCCCC(C(=O)OC)N(CCC)CCN(C)C. The summed E-state index contributed by atoms with van der Waals surface area (Å²) in [6, 6.07) is -0.0742. The molecule has 0 aliphatic carbocycles. The van der Waals surface area contributed by atoms with Gasteiger partial charge < -0.3 is 9.64 Å². The number of rotatable bonds is 10. The summed E-state index contributed by atoms with van der Waals surface area (Å²) < 4.78 is 4.95. The first-order valence-electron chi connectivity index (χ1n) is 7.03. The summed E-state index contributed by atoms with van der Waals surface area (Å²) >= 11 is 0. The number of methoxy groups -OCH3 is 1. The highest BCUT2D eigenvalue weighted by molar-refractivity contribution is 5.75. The lowest BCUT2D eigenvalue weighted by atomic mass is 10.1. The first-order valence-corrected chi connectivity index (χ1v) is 7.03. The lowest BCUT2D eigenvalue weighted by molar-refractivity contribution is -0.147. The summed E-state index contributed by atoms with van der Waals surface area (Å²) in [5.74, 6) is -0.0874. The van der Waals surface area contributed by atoms with Crippen LogP contribution in [-0.4, -0.2) is 62.7 Å². The van der Waals surface area contributed by atoms with Crippen LogP contribution < -0.4 is 0 Å². The average Bonchev–Trinajstić information content (AvgIpc) is 2.35. The molecule has 0 aromatic heterocycles. The quantitative estimate of drug-likeness (QED) is 0.561. The zero-order valence-corrected chi connectivity index (χ0v) is 12.7. The van der Waals surface area contributed by atoms with E-state index in [4.69, 9.17) is 4.74 Å². The number of hydrogen-bond donors (Lipinski definition) is 0. The summed E-state index contributed by atoms with van der Waals surface area (Å²) in [6.45, 7) is 7.15. The summed E-state index contributed by atoms with van der Waals surface area (Å²) in [5.41, 5.74) is 0. The second-order valence-corrected chi connectivity index (χ2v) is 5.02. The van der Waals surface area contributed by atoms with Gasteiger partial charge in [-0.2, -0.15) is 0 Å². The minimum Gasteiger partial charge on any atom is -0.468 e. The molecule has 0 aromatic rings. The van der Waals surface area contributed by atoms with Gasteiger partial charge in [0.2, 0.25) is 0 Å². The van der Waals surface area contributed by atoms with Crippen LogP contribution in [-0.2, 0) is 9.53 Å². The summed E-state index contributed by atoms with van der Waals surface area (Å²) in [5, 5.41) is 0. The molecule has 0 aromatic carbocycles. The Morgan fingerprint density at radius 3 is 2.22 bits per heavy atom. The smallest absolute Gasteiger partial charge is 0.323 e. The Hall–Kier alpha value is -0.610. The Balaban J connectivity index is 4.56. The van der Waals surface area contributed by atoms with E-state index in [2.05, 4.69) is 37.7 Å². The van der Waals surface area contributed by atoms with E-state index >= 15 is 0 Å². The molecule has 0 rings (SSSR count). The normalized spacial score (nSPS) is 13.1. The van der Waals surface area contributed by atoms with Crippen molar-refractivity contribution in [2.45, 2.75) is 45.6 Å². The van der Waals surface area contributed by atoms with Crippen LogP contribution in [0, 0.1) is 0 Å². The number of ether oxygens (including phenoxy) is 1. The predicted molar refractivity (Wildman–Crippen MR) is 75.7 cm³/mol. The molecule has 1 atom stereocenters. The minimum atomic E-state index is -0.0874. The molecular formula is C14H30N2O2. The zero-order chi connectivity index (χ0) is 14.0. The van der Waals surface area contributed by atoms with E-state index < -0.39 is 0 Å². The van der Waals surface area contributed by atoms with Crippen molar-refractivity contribution in [3.8, 4) is 0 Å². The number of esters is 1. The van der Waals surface area contributed by atoms with Crippen LogP contribution in [0.15, 0.2) is 0 Å². The maximum atomic E-state index is 11.9. The fourth-order valence-corrected chi connectivity index (χ4v) is 2.02. The zero-order valence-electron chi connectivity index (χ0n) is 12.7. The van der Waals surface area contributed by atoms with Gasteiger partial charge in [-0.3, -0.25) is 9.69 Å². The molecular weight excluding hydrogens is 228 g/mol. The molecule has 0 saturated carbocycles. The van der Waals surface area contributed by atoms with E-state index in [-0.39, 0.29) is 12.0 Å². The fourth-order valence-electron chi connectivity index (χ4n) is 2.02. The number of likely N-dealkylation sites (N-methyl/N-ethyl adjacent to an activating group) is 1. The number of carbonyl (C=O) groups excluding carboxylic acids is 1. The van der Waals surface area contributed by atoms with Gasteiger partial charge in [0.25, 0.3) is 0 Å².